The molecule has 0 heterocycles. The van der Waals surface area contributed by atoms with Crippen LogP contribution in [-0.2, 0) is 16.0 Å². The summed E-state index contributed by atoms with van der Waals surface area (Å²) in [6.45, 7) is 5.76. The molecular formula is C16H23NO3. The first-order chi connectivity index (χ1) is 9.45. The minimum absolute atomic E-state index is 0.0742. The molecule has 1 amide bonds. The summed E-state index contributed by atoms with van der Waals surface area (Å²) in [7, 11) is 0. The van der Waals surface area contributed by atoms with Crippen LogP contribution in [0.1, 0.15) is 37.8 Å². The van der Waals surface area contributed by atoms with Gasteiger partial charge in [0.25, 0.3) is 0 Å². The summed E-state index contributed by atoms with van der Waals surface area (Å²) < 4.78 is 0. The molecule has 0 aromatic heterocycles. The van der Waals surface area contributed by atoms with Crippen molar-refractivity contribution in [2.75, 3.05) is 0 Å². The van der Waals surface area contributed by atoms with Crippen molar-refractivity contribution in [3.05, 3.63) is 35.4 Å². The van der Waals surface area contributed by atoms with Gasteiger partial charge in [-0.1, -0.05) is 44.5 Å². The first-order valence-corrected chi connectivity index (χ1v) is 7.02. The molecule has 2 atom stereocenters. The average Bonchev–Trinajstić information content (AvgIpc) is 2.42. The summed E-state index contributed by atoms with van der Waals surface area (Å²) in [4.78, 5) is 23.0. The number of carbonyl (C=O) groups excluding carboxylic acids is 1. The second-order valence-corrected chi connectivity index (χ2v) is 5.20. The number of carboxylic acids is 1. The number of carboxylic acid groups (broad SMARTS) is 1. The highest BCUT2D eigenvalue weighted by Gasteiger charge is 2.24. The molecule has 0 aliphatic heterocycles. The Balaban J connectivity index is 2.55. The smallest absolute Gasteiger partial charge is 0.326 e. The van der Waals surface area contributed by atoms with Gasteiger partial charge in [0.15, 0.2) is 0 Å². The zero-order valence-corrected chi connectivity index (χ0v) is 12.3. The molecule has 110 valence electrons. The van der Waals surface area contributed by atoms with E-state index in [0.717, 1.165) is 17.5 Å². The number of aryl methyl sites for hydroxylation is 2. The summed E-state index contributed by atoms with van der Waals surface area (Å²) in [6.07, 6.45) is 1.66. The van der Waals surface area contributed by atoms with Crippen molar-refractivity contribution in [1.29, 1.82) is 0 Å². The van der Waals surface area contributed by atoms with E-state index in [2.05, 4.69) is 5.32 Å². The van der Waals surface area contributed by atoms with Crippen molar-refractivity contribution in [3.63, 3.8) is 0 Å². The molecule has 0 bridgehead atoms. The topological polar surface area (TPSA) is 66.4 Å². The van der Waals surface area contributed by atoms with Gasteiger partial charge in [-0.05, 0) is 30.4 Å². The van der Waals surface area contributed by atoms with E-state index < -0.39 is 12.0 Å². The molecule has 0 saturated carbocycles. The minimum atomic E-state index is -0.969. The Kier molecular flexibility index (Phi) is 6.22. The summed E-state index contributed by atoms with van der Waals surface area (Å²) in [5, 5.41) is 11.8. The zero-order chi connectivity index (χ0) is 15.1. The summed E-state index contributed by atoms with van der Waals surface area (Å²) in [5.74, 6) is -1.25. The molecule has 20 heavy (non-hydrogen) atoms. The predicted molar refractivity (Wildman–Crippen MR) is 78.5 cm³/mol. The SMILES string of the molecule is CC[C@H](C)[C@H](NC(=O)CCc1ccccc1C)C(=O)O. The van der Waals surface area contributed by atoms with E-state index in [4.69, 9.17) is 5.11 Å². The quantitative estimate of drug-likeness (QED) is 0.805. The van der Waals surface area contributed by atoms with Crippen molar-refractivity contribution in [2.24, 2.45) is 5.92 Å². The van der Waals surface area contributed by atoms with E-state index in [1.165, 1.54) is 0 Å². The number of rotatable bonds is 7. The van der Waals surface area contributed by atoms with Crippen molar-refractivity contribution in [3.8, 4) is 0 Å². The van der Waals surface area contributed by atoms with Crippen LogP contribution in [0.4, 0.5) is 0 Å². The fourth-order valence-corrected chi connectivity index (χ4v) is 2.07. The van der Waals surface area contributed by atoms with Gasteiger partial charge in [-0.3, -0.25) is 4.79 Å². The fraction of sp³-hybridized carbons (Fsp3) is 0.500. The Morgan fingerprint density at radius 2 is 1.95 bits per heavy atom. The van der Waals surface area contributed by atoms with Crippen LogP contribution in [0.25, 0.3) is 0 Å². The molecule has 4 nitrogen and oxygen atoms in total. The Bertz CT molecular complexity index is 471. The van der Waals surface area contributed by atoms with E-state index >= 15 is 0 Å². The number of hydrogen-bond acceptors (Lipinski definition) is 2. The number of hydrogen-bond donors (Lipinski definition) is 2. The Morgan fingerprint density at radius 3 is 2.50 bits per heavy atom. The standard InChI is InChI=1S/C16H23NO3/c1-4-11(2)15(16(19)20)17-14(18)10-9-13-8-6-5-7-12(13)3/h5-8,11,15H,4,9-10H2,1-3H3,(H,17,18)(H,19,20)/t11-,15-/m0/s1. The second-order valence-electron chi connectivity index (χ2n) is 5.20. The van der Waals surface area contributed by atoms with E-state index in [9.17, 15) is 9.59 Å². The van der Waals surface area contributed by atoms with Gasteiger partial charge in [0.1, 0.15) is 6.04 Å². The lowest BCUT2D eigenvalue weighted by atomic mass is 9.98. The first kappa shape index (κ1) is 16.2. The van der Waals surface area contributed by atoms with Crippen molar-refractivity contribution in [1.82, 2.24) is 5.32 Å². The highest BCUT2D eigenvalue weighted by molar-refractivity contribution is 5.83. The highest BCUT2D eigenvalue weighted by Crippen LogP contribution is 2.11. The molecule has 0 unspecified atom stereocenters. The van der Waals surface area contributed by atoms with Crippen LogP contribution in [0.15, 0.2) is 24.3 Å². The number of amides is 1. The predicted octanol–water partition coefficient (Wildman–Crippen LogP) is 2.54. The van der Waals surface area contributed by atoms with Crippen LogP contribution in [0.2, 0.25) is 0 Å². The summed E-state index contributed by atoms with van der Waals surface area (Å²) >= 11 is 0. The van der Waals surface area contributed by atoms with E-state index in [1.54, 1.807) is 0 Å². The van der Waals surface area contributed by atoms with Gasteiger partial charge in [-0.2, -0.15) is 0 Å². The molecule has 4 heteroatoms. The highest BCUT2D eigenvalue weighted by atomic mass is 16.4. The molecule has 1 aromatic carbocycles. The molecule has 0 aliphatic carbocycles. The molecule has 1 rings (SSSR count). The first-order valence-electron chi connectivity index (χ1n) is 7.02. The number of nitrogens with one attached hydrogen (secondary N) is 1. The molecule has 0 radical (unpaired) electrons. The van der Waals surface area contributed by atoms with Gasteiger partial charge in [-0.15, -0.1) is 0 Å². The van der Waals surface area contributed by atoms with Crippen LogP contribution >= 0.6 is 0 Å². The normalized spacial score (nSPS) is 13.6. The van der Waals surface area contributed by atoms with Gasteiger partial charge >= 0.3 is 5.97 Å². The summed E-state index contributed by atoms with van der Waals surface area (Å²) in [5.41, 5.74) is 2.27. The number of carbonyl (C=O) groups is 2. The Labute approximate surface area is 120 Å². The fourth-order valence-electron chi connectivity index (χ4n) is 2.07. The third-order valence-corrected chi connectivity index (χ3v) is 3.68. The van der Waals surface area contributed by atoms with Crippen LogP contribution in [0.3, 0.4) is 0 Å². The maximum atomic E-state index is 11.9. The van der Waals surface area contributed by atoms with Crippen LogP contribution in [0.5, 0.6) is 0 Å². The second kappa shape index (κ2) is 7.68. The van der Waals surface area contributed by atoms with Crippen LogP contribution in [-0.4, -0.2) is 23.0 Å². The molecule has 0 spiro atoms. The number of benzene rings is 1. The third kappa shape index (κ3) is 4.68. The van der Waals surface area contributed by atoms with Crippen molar-refractivity contribution in [2.45, 2.75) is 46.1 Å². The lowest BCUT2D eigenvalue weighted by Crippen LogP contribution is -2.45. The maximum absolute atomic E-state index is 11.9. The molecule has 0 fully saturated rings. The lowest BCUT2D eigenvalue weighted by Gasteiger charge is -2.20. The van der Waals surface area contributed by atoms with Crippen molar-refractivity contribution >= 4 is 11.9 Å². The Morgan fingerprint density at radius 1 is 1.30 bits per heavy atom. The molecule has 0 aliphatic rings. The Hall–Kier alpha value is -1.84. The minimum Gasteiger partial charge on any atom is -0.480 e. The molecule has 2 N–H and O–H groups in total. The lowest BCUT2D eigenvalue weighted by molar-refractivity contribution is -0.143. The van der Waals surface area contributed by atoms with E-state index in [0.29, 0.717) is 12.8 Å². The van der Waals surface area contributed by atoms with E-state index in [-0.39, 0.29) is 11.8 Å². The largest absolute Gasteiger partial charge is 0.480 e. The van der Waals surface area contributed by atoms with Crippen LogP contribution in [0, 0.1) is 12.8 Å². The molecular weight excluding hydrogens is 254 g/mol. The third-order valence-electron chi connectivity index (χ3n) is 3.68. The van der Waals surface area contributed by atoms with Crippen molar-refractivity contribution < 1.29 is 14.7 Å². The van der Waals surface area contributed by atoms with E-state index in [1.807, 2.05) is 45.0 Å². The maximum Gasteiger partial charge on any atom is 0.326 e. The van der Waals surface area contributed by atoms with Gasteiger partial charge in [0.05, 0.1) is 0 Å². The van der Waals surface area contributed by atoms with Gasteiger partial charge in [0.2, 0.25) is 5.91 Å². The van der Waals surface area contributed by atoms with Crippen LogP contribution < -0.4 is 5.32 Å². The monoisotopic (exact) mass is 277 g/mol. The average molecular weight is 277 g/mol. The van der Waals surface area contributed by atoms with Gasteiger partial charge in [-0.25, -0.2) is 4.79 Å². The summed E-state index contributed by atoms with van der Waals surface area (Å²) in [6, 6.07) is 7.10. The van der Waals surface area contributed by atoms with Gasteiger partial charge in [0, 0.05) is 6.42 Å². The number of aliphatic carboxylic acids is 1. The molecule has 1 aromatic rings. The zero-order valence-electron chi connectivity index (χ0n) is 12.3. The van der Waals surface area contributed by atoms with Gasteiger partial charge < -0.3 is 10.4 Å². The molecule has 0 saturated heterocycles.